The van der Waals surface area contributed by atoms with Crippen molar-refractivity contribution in [2.24, 2.45) is 0 Å². The lowest BCUT2D eigenvalue weighted by molar-refractivity contribution is -0.136. The number of nitrogens with zero attached hydrogens (tertiary/aromatic N) is 4. The van der Waals surface area contributed by atoms with E-state index in [-0.39, 0.29) is 11.4 Å². The molecule has 1 aromatic rings. The van der Waals surface area contributed by atoms with Gasteiger partial charge in [0.1, 0.15) is 0 Å². The van der Waals surface area contributed by atoms with Crippen molar-refractivity contribution in [3.8, 4) is 0 Å². The van der Waals surface area contributed by atoms with Crippen LogP contribution in [0.2, 0.25) is 0 Å². The first-order chi connectivity index (χ1) is 10.9. The van der Waals surface area contributed by atoms with Crippen molar-refractivity contribution >= 4 is 11.9 Å². The number of fused-ring (bicyclic) bond motifs is 1. The molecule has 0 aliphatic carbocycles. The zero-order valence-corrected chi connectivity index (χ0v) is 14.6. The van der Waals surface area contributed by atoms with Crippen LogP contribution in [0, 0.1) is 0 Å². The molecule has 2 aliphatic heterocycles. The van der Waals surface area contributed by atoms with E-state index < -0.39 is 0 Å². The molecule has 6 heteroatoms. The molecule has 0 saturated carbocycles. The second-order valence-corrected chi connectivity index (χ2v) is 7.17. The lowest BCUT2D eigenvalue weighted by Gasteiger charge is -2.31. The molecule has 3 rings (SSSR count). The van der Waals surface area contributed by atoms with Crippen LogP contribution in [0.15, 0.2) is 6.20 Å². The van der Waals surface area contributed by atoms with Crippen molar-refractivity contribution in [2.45, 2.75) is 58.2 Å². The molecule has 0 atom stereocenters. The number of piperidine rings is 1. The molecule has 0 spiro atoms. The average Bonchev–Trinajstić information content (AvgIpc) is 2.80. The topological polar surface area (TPSA) is 61.4 Å². The van der Waals surface area contributed by atoms with Crippen LogP contribution in [0.1, 0.15) is 51.3 Å². The highest BCUT2D eigenvalue weighted by Crippen LogP contribution is 2.38. The summed E-state index contributed by atoms with van der Waals surface area (Å²) in [7, 11) is 2.16. The Bertz CT molecular complexity index is 593. The van der Waals surface area contributed by atoms with Crippen LogP contribution in [-0.2, 0) is 16.9 Å². The summed E-state index contributed by atoms with van der Waals surface area (Å²) in [5, 5.41) is 3.46. The fourth-order valence-electron chi connectivity index (χ4n) is 3.54. The van der Waals surface area contributed by atoms with Gasteiger partial charge >= 0.3 is 0 Å². The van der Waals surface area contributed by atoms with Crippen molar-refractivity contribution in [3.63, 3.8) is 0 Å². The predicted octanol–water partition coefficient (Wildman–Crippen LogP) is 1.97. The number of amides is 1. The van der Waals surface area contributed by atoms with Crippen LogP contribution >= 0.6 is 0 Å². The molecule has 126 valence electrons. The fraction of sp³-hybridized carbons (Fsp3) is 0.706. The van der Waals surface area contributed by atoms with Crippen LogP contribution in [0.5, 0.6) is 0 Å². The van der Waals surface area contributed by atoms with Crippen LogP contribution in [0.3, 0.4) is 0 Å². The Kier molecular flexibility index (Phi) is 4.27. The minimum Gasteiger partial charge on any atom is -0.351 e. The lowest BCUT2D eigenvalue weighted by atomic mass is 9.97. The summed E-state index contributed by atoms with van der Waals surface area (Å²) in [6, 6.07) is 0.437. The molecule has 1 amide bonds. The van der Waals surface area contributed by atoms with E-state index in [2.05, 4.69) is 36.1 Å². The molecule has 2 aliphatic rings. The van der Waals surface area contributed by atoms with Crippen molar-refractivity contribution < 1.29 is 4.79 Å². The Morgan fingerprint density at radius 3 is 2.74 bits per heavy atom. The maximum atomic E-state index is 12.2. The number of hydrogen-bond donors (Lipinski definition) is 1. The van der Waals surface area contributed by atoms with Crippen LogP contribution in [0.25, 0.3) is 0 Å². The molecule has 0 unspecified atom stereocenters. The zero-order valence-electron chi connectivity index (χ0n) is 14.6. The highest BCUT2D eigenvalue weighted by Gasteiger charge is 2.41. The van der Waals surface area contributed by atoms with Crippen molar-refractivity contribution in [1.29, 1.82) is 0 Å². The summed E-state index contributed by atoms with van der Waals surface area (Å²) in [6.07, 6.45) is 4.64. The molecular formula is C17H27N5O. The second kappa shape index (κ2) is 6.07. The van der Waals surface area contributed by atoms with E-state index in [9.17, 15) is 4.79 Å². The first-order valence-corrected chi connectivity index (χ1v) is 8.53. The average molecular weight is 317 g/mol. The van der Waals surface area contributed by atoms with Crippen LogP contribution in [-0.4, -0.2) is 51.9 Å². The Balaban J connectivity index is 1.75. The van der Waals surface area contributed by atoms with Gasteiger partial charge in [-0.05, 0) is 46.8 Å². The fourth-order valence-corrected chi connectivity index (χ4v) is 3.54. The molecule has 23 heavy (non-hydrogen) atoms. The minimum absolute atomic E-state index is 0.165. The molecule has 0 radical (unpaired) electrons. The molecule has 0 aromatic carbocycles. The smallest absolute Gasteiger partial charge is 0.223 e. The highest BCUT2D eigenvalue weighted by molar-refractivity contribution is 5.77. The van der Waals surface area contributed by atoms with Gasteiger partial charge in [0.15, 0.2) is 0 Å². The third-order valence-corrected chi connectivity index (χ3v) is 5.16. The quantitative estimate of drug-likeness (QED) is 0.923. The van der Waals surface area contributed by atoms with Crippen LogP contribution in [0.4, 0.5) is 5.95 Å². The van der Waals surface area contributed by atoms with Gasteiger partial charge in [-0.15, -0.1) is 0 Å². The zero-order chi connectivity index (χ0) is 16.6. The first-order valence-electron chi connectivity index (χ1n) is 8.53. The number of nitrogens with one attached hydrogen (secondary N) is 1. The number of carbonyl (C=O) groups is 1. The molecule has 6 nitrogen and oxygen atoms in total. The second-order valence-electron chi connectivity index (χ2n) is 7.17. The third-order valence-electron chi connectivity index (χ3n) is 5.16. The van der Waals surface area contributed by atoms with E-state index >= 15 is 0 Å². The maximum Gasteiger partial charge on any atom is 0.223 e. The van der Waals surface area contributed by atoms with Gasteiger partial charge in [0.05, 0.1) is 17.8 Å². The number of hydrogen-bond acceptors (Lipinski definition) is 5. The molecule has 1 fully saturated rings. The van der Waals surface area contributed by atoms with E-state index in [0.717, 1.165) is 37.2 Å². The number of rotatable bonds is 3. The largest absolute Gasteiger partial charge is 0.351 e. The Labute approximate surface area is 138 Å². The van der Waals surface area contributed by atoms with E-state index in [1.807, 2.05) is 18.0 Å². The lowest BCUT2D eigenvalue weighted by Crippen LogP contribution is -2.39. The number of aromatic nitrogens is 2. The third kappa shape index (κ3) is 3.04. The Morgan fingerprint density at radius 1 is 1.39 bits per heavy atom. The summed E-state index contributed by atoms with van der Waals surface area (Å²) in [6.45, 7) is 8.84. The molecule has 3 heterocycles. The van der Waals surface area contributed by atoms with E-state index in [1.54, 1.807) is 0 Å². The first kappa shape index (κ1) is 16.2. The number of carbonyl (C=O) groups excluding carboxylic acids is 1. The molecule has 1 aromatic heterocycles. The predicted molar refractivity (Wildman–Crippen MR) is 90.0 cm³/mol. The minimum atomic E-state index is -0.325. The molecular weight excluding hydrogens is 290 g/mol. The summed E-state index contributed by atoms with van der Waals surface area (Å²) < 4.78 is 0. The SMILES string of the molecule is CCC(=O)N1Cc2nc(NC3CCN(C)CC3)ncc2C1(C)C. The Morgan fingerprint density at radius 2 is 2.09 bits per heavy atom. The van der Waals surface area contributed by atoms with Gasteiger partial charge in [-0.1, -0.05) is 6.92 Å². The molecule has 0 bridgehead atoms. The summed E-state index contributed by atoms with van der Waals surface area (Å²) >= 11 is 0. The van der Waals surface area contributed by atoms with Gasteiger partial charge in [-0.25, -0.2) is 9.97 Å². The maximum absolute atomic E-state index is 12.2. The monoisotopic (exact) mass is 317 g/mol. The van der Waals surface area contributed by atoms with E-state index in [1.165, 1.54) is 0 Å². The standard InChI is InChI=1S/C17H27N5O/c1-5-15(23)22-11-14-13(17(22,2)3)10-18-16(20-14)19-12-6-8-21(4)9-7-12/h10,12H,5-9,11H2,1-4H3,(H,18,19,20). The van der Waals surface area contributed by atoms with Crippen molar-refractivity contribution in [2.75, 3.05) is 25.5 Å². The van der Waals surface area contributed by atoms with Gasteiger partial charge in [-0.3, -0.25) is 4.79 Å². The number of likely N-dealkylation sites (tertiary alicyclic amines) is 1. The molecule has 1 N–H and O–H groups in total. The summed E-state index contributed by atoms with van der Waals surface area (Å²) in [4.78, 5) is 25.6. The highest BCUT2D eigenvalue weighted by atomic mass is 16.2. The summed E-state index contributed by atoms with van der Waals surface area (Å²) in [5.41, 5.74) is 1.71. The van der Waals surface area contributed by atoms with Gasteiger partial charge < -0.3 is 15.1 Å². The van der Waals surface area contributed by atoms with Gasteiger partial charge in [0, 0.05) is 24.2 Å². The van der Waals surface area contributed by atoms with Gasteiger partial charge in [0.2, 0.25) is 11.9 Å². The van der Waals surface area contributed by atoms with Crippen LogP contribution < -0.4 is 5.32 Å². The van der Waals surface area contributed by atoms with Crippen molar-refractivity contribution in [3.05, 3.63) is 17.5 Å². The normalized spacial score (nSPS) is 21.3. The number of anilines is 1. The molecule has 1 saturated heterocycles. The van der Waals surface area contributed by atoms with E-state index in [0.29, 0.717) is 25.0 Å². The Hall–Kier alpha value is -1.69. The van der Waals surface area contributed by atoms with Gasteiger partial charge in [-0.2, -0.15) is 0 Å². The van der Waals surface area contributed by atoms with Crippen molar-refractivity contribution in [1.82, 2.24) is 19.8 Å². The van der Waals surface area contributed by atoms with Gasteiger partial charge in [0.25, 0.3) is 0 Å². The van der Waals surface area contributed by atoms with E-state index in [4.69, 9.17) is 4.98 Å². The summed E-state index contributed by atoms with van der Waals surface area (Å²) in [5.74, 6) is 0.859.